The molecule has 0 radical (unpaired) electrons. The highest BCUT2D eigenvalue weighted by atomic mass is 16.4. The number of carbonyl (C=O) groups is 2. The van der Waals surface area contributed by atoms with Crippen molar-refractivity contribution in [3.05, 3.63) is 24.0 Å². The summed E-state index contributed by atoms with van der Waals surface area (Å²) in [6, 6.07) is 1.43. The van der Waals surface area contributed by atoms with Gasteiger partial charge < -0.3 is 15.3 Å². The Morgan fingerprint density at radius 3 is 2.57 bits per heavy atom. The normalized spacial score (nSPS) is 21.6. The van der Waals surface area contributed by atoms with E-state index in [1.54, 1.807) is 11.9 Å². The number of carbonyl (C=O) groups excluding carboxylic acids is 1. The predicted molar refractivity (Wildman–Crippen MR) is 79.4 cm³/mol. The molecule has 0 saturated heterocycles. The number of anilines is 1. The van der Waals surface area contributed by atoms with Crippen LogP contribution in [0.4, 0.5) is 10.5 Å². The molecule has 0 atom stereocenters. The van der Waals surface area contributed by atoms with Crippen molar-refractivity contribution in [1.29, 1.82) is 0 Å². The van der Waals surface area contributed by atoms with E-state index in [1.807, 2.05) is 0 Å². The number of aromatic nitrogens is 1. The molecule has 1 fully saturated rings. The number of hydrogen-bond donors (Lipinski definition) is 2. The zero-order valence-corrected chi connectivity index (χ0v) is 12.4. The summed E-state index contributed by atoms with van der Waals surface area (Å²) in [5, 5.41) is 11.6. The third kappa shape index (κ3) is 3.93. The lowest BCUT2D eigenvalue weighted by Gasteiger charge is -2.33. The van der Waals surface area contributed by atoms with E-state index in [-0.39, 0.29) is 17.6 Å². The lowest BCUT2D eigenvalue weighted by Crippen LogP contribution is -2.41. The number of rotatable bonds is 3. The fourth-order valence-corrected chi connectivity index (χ4v) is 2.63. The molecule has 1 aliphatic rings. The molecular formula is C15H21N3O3. The van der Waals surface area contributed by atoms with Crippen molar-refractivity contribution in [2.24, 2.45) is 5.92 Å². The van der Waals surface area contributed by atoms with Gasteiger partial charge in [0.15, 0.2) is 0 Å². The highest BCUT2D eigenvalue weighted by Gasteiger charge is 2.24. The van der Waals surface area contributed by atoms with Crippen LogP contribution in [0.15, 0.2) is 18.5 Å². The third-order valence-electron chi connectivity index (χ3n) is 4.09. The van der Waals surface area contributed by atoms with Gasteiger partial charge in [0, 0.05) is 19.3 Å². The van der Waals surface area contributed by atoms with Gasteiger partial charge in [0.25, 0.3) is 0 Å². The molecule has 1 aromatic rings. The van der Waals surface area contributed by atoms with Crippen molar-refractivity contribution < 1.29 is 14.7 Å². The number of carboxylic acid groups (broad SMARTS) is 1. The average Bonchev–Trinajstić information content (AvgIpc) is 2.47. The number of amides is 2. The van der Waals surface area contributed by atoms with Crippen LogP contribution in [0.3, 0.4) is 0 Å². The van der Waals surface area contributed by atoms with Crippen LogP contribution in [0.2, 0.25) is 0 Å². The van der Waals surface area contributed by atoms with Gasteiger partial charge in [0.1, 0.15) is 0 Å². The monoisotopic (exact) mass is 291 g/mol. The minimum atomic E-state index is -1.06. The van der Waals surface area contributed by atoms with Gasteiger partial charge in [-0.15, -0.1) is 0 Å². The number of nitrogens with zero attached hydrogens (tertiary/aromatic N) is 2. The highest BCUT2D eigenvalue weighted by molar-refractivity contribution is 5.92. The van der Waals surface area contributed by atoms with Gasteiger partial charge in [0.05, 0.1) is 17.4 Å². The molecule has 0 spiro atoms. The predicted octanol–water partition coefficient (Wildman–Crippen LogP) is 2.82. The van der Waals surface area contributed by atoms with Gasteiger partial charge >= 0.3 is 12.0 Å². The topological polar surface area (TPSA) is 82.5 Å². The molecule has 1 saturated carbocycles. The van der Waals surface area contributed by atoms with Crippen LogP contribution in [0.25, 0.3) is 0 Å². The van der Waals surface area contributed by atoms with E-state index in [1.165, 1.54) is 18.5 Å². The summed E-state index contributed by atoms with van der Waals surface area (Å²) in [5.41, 5.74) is 0.456. The Bertz CT molecular complexity index is 525. The quantitative estimate of drug-likeness (QED) is 0.897. The van der Waals surface area contributed by atoms with Crippen molar-refractivity contribution in [2.75, 3.05) is 12.4 Å². The molecular weight excluding hydrogens is 270 g/mol. The second-order valence-electron chi connectivity index (χ2n) is 5.72. The zero-order chi connectivity index (χ0) is 15.4. The Kier molecular flexibility index (Phi) is 4.77. The van der Waals surface area contributed by atoms with Gasteiger partial charge in [-0.05, 0) is 37.7 Å². The van der Waals surface area contributed by atoms with Crippen LogP contribution in [0.1, 0.15) is 43.0 Å². The Hall–Kier alpha value is -2.11. The maximum Gasteiger partial charge on any atom is 0.337 e. The van der Waals surface area contributed by atoms with Crippen LogP contribution in [0, 0.1) is 5.92 Å². The molecule has 2 N–H and O–H groups in total. The van der Waals surface area contributed by atoms with Crippen molar-refractivity contribution in [3.8, 4) is 0 Å². The SMILES string of the molecule is CC1CCC(N(C)C(=O)Nc2cncc(C(=O)O)c2)CC1. The van der Waals surface area contributed by atoms with E-state index in [0.717, 1.165) is 31.6 Å². The molecule has 2 amide bonds. The number of urea groups is 1. The maximum atomic E-state index is 12.2. The Morgan fingerprint density at radius 2 is 1.95 bits per heavy atom. The first-order valence-electron chi connectivity index (χ1n) is 7.19. The fourth-order valence-electron chi connectivity index (χ4n) is 2.63. The average molecular weight is 291 g/mol. The van der Waals surface area contributed by atoms with Crippen molar-refractivity contribution in [2.45, 2.75) is 38.6 Å². The molecule has 0 unspecified atom stereocenters. The molecule has 2 rings (SSSR count). The Morgan fingerprint density at radius 1 is 1.29 bits per heavy atom. The van der Waals surface area contributed by atoms with E-state index < -0.39 is 5.97 Å². The smallest absolute Gasteiger partial charge is 0.337 e. The van der Waals surface area contributed by atoms with Gasteiger partial charge in [0.2, 0.25) is 0 Å². The Balaban J connectivity index is 1.97. The molecule has 1 heterocycles. The molecule has 6 nitrogen and oxygen atoms in total. The second kappa shape index (κ2) is 6.56. The maximum absolute atomic E-state index is 12.2. The number of pyridine rings is 1. The van der Waals surface area contributed by atoms with Crippen LogP contribution in [0.5, 0.6) is 0 Å². The van der Waals surface area contributed by atoms with E-state index in [0.29, 0.717) is 5.69 Å². The summed E-state index contributed by atoms with van der Waals surface area (Å²) in [4.78, 5) is 28.6. The molecule has 114 valence electrons. The summed E-state index contributed by atoms with van der Waals surface area (Å²) in [6.07, 6.45) is 7.00. The summed E-state index contributed by atoms with van der Waals surface area (Å²) in [5.74, 6) is -0.331. The van der Waals surface area contributed by atoms with Gasteiger partial charge in [-0.3, -0.25) is 4.98 Å². The van der Waals surface area contributed by atoms with Crippen LogP contribution < -0.4 is 5.32 Å². The van der Waals surface area contributed by atoms with Crippen molar-refractivity contribution >= 4 is 17.7 Å². The lowest BCUT2D eigenvalue weighted by molar-refractivity contribution is 0.0696. The van der Waals surface area contributed by atoms with Crippen LogP contribution in [-0.4, -0.2) is 40.1 Å². The largest absolute Gasteiger partial charge is 0.478 e. The molecule has 1 aliphatic carbocycles. The van der Waals surface area contributed by atoms with Gasteiger partial charge in [-0.25, -0.2) is 9.59 Å². The standard InChI is InChI=1S/C15H21N3O3/c1-10-3-5-13(6-4-10)18(2)15(21)17-12-7-11(14(19)20)8-16-9-12/h7-10,13H,3-6H2,1-2H3,(H,17,21)(H,19,20). The van der Waals surface area contributed by atoms with Gasteiger partial charge in [-0.1, -0.05) is 6.92 Å². The summed E-state index contributed by atoms with van der Waals surface area (Å²) >= 11 is 0. The summed E-state index contributed by atoms with van der Waals surface area (Å²) < 4.78 is 0. The minimum Gasteiger partial charge on any atom is -0.478 e. The van der Waals surface area contributed by atoms with Crippen LogP contribution >= 0.6 is 0 Å². The molecule has 0 aliphatic heterocycles. The summed E-state index contributed by atoms with van der Waals surface area (Å²) in [7, 11) is 1.78. The van der Waals surface area contributed by atoms with E-state index in [2.05, 4.69) is 17.2 Å². The number of hydrogen-bond acceptors (Lipinski definition) is 3. The Labute approximate surface area is 124 Å². The first kappa shape index (κ1) is 15.3. The number of aromatic carboxylic acids is 1. The van der Waals surface area contributed by atoms with E-state index in [4.69, 9.17) is 5.11 Å². The molecule has 21 heavy (non-hydrogen) atoms. The first-order valence-corrected chi connectivity index (χ1v) is 7.19. The molecule has 6 heteroatoms. The third-order valence-corrected chi connectivity index (χ3v) is 4.09. The lowest BCUT2D eigenvalue weighted by atomic mass is 9.87. The molecule has 1 aromatic heterocycles. The van der Waals surface area contributed by atoms with E-state index >= 15 is 0 Å². The fraction of sp³-hybridized carbons (Fsp3) is 0.533. The molecule has 0 aromatic carbocycles. The van der Waals surface area contributed by atoms with E-state index in [9.17, 15) is 9.59 Å². The zero-order valence-electron chi connectivity index (χ0n) is 12.4. The number of nitrogens with one attached hydrogen (secondary N) is 1. The second-order valence-corrected chi connectivity index (χ2v) is 5.72. The first-order chi connectivity index (χ1) is 9.97. The van der Waals surface area contributed by atoms with Crippen molar-refractivity contribution in [1.82, 2.24) is 9.88 Å². The summed E-state index contributed by atoms with van der Waals surface area (Å²) in [6.45, 7) is 2.24. The minimum absolute atomic E-state index is 0.0574. The van der Waals surface area contributed by atoms with Gasteiger partial charge in [-0.2, -0.15) is 0 Å². The highest BCUT2D eigenvalue weighted by Crippen LogP contribution is 2.26. The molecule has 0 bridgehead atoms. The van der Waals surface area contributed by atoms with Crippen molar-refractivity contribution in [3.63, 3.8) is 0 Å². The number of carboxylic acids is 1. The van der Waals surface area contributed by atoms with Crippen LogP contribution in [-0.2, 0) is 0 Å².